The van der Waals surface area contributed by atoms with Crippen LogP contribution in [0.2, 0.25) is 0 Å². The summed E-state index contributed by atoms with van der Waals surface area (Å²) in [5.41, 5.74) is -0.765. The molecule has 110 valence electrons. The molecule has 1 heterocycles. The third-order valence-corrected chi connectivity index (χ3v) is 4.01. The molecule has 0 radical (unpaired) electrons. The third-order valence-electron chi connectivity index (χ3n) is 2.65. The van der Waals surface area contributed by atoms with E-state index in [4.69, 9.17) is 0 Å². The molecule has 0 aliphatic rings. The fraction of sp³-hybridized carbons (Fsp3) is 0.0833. The predicted octanol–water partition coefficient (Wildman–Crippen LogP) is 2.24. The molecule has 9 heteroatoms. The van der Waals surface area contributed by atoms with Crippen LogP contribution in [0.15, 0.2) is 41.6 Å². The number of nitrogens with zero attached hydrogens (tertiary/aromatic N) is 2. The standard InChI is InChI=1S/C12H10FN3O4S/c1-8-6-10(7-11(12(8)13)16(17)18)21(19,20)15-9-2-4-14-5-3-9/h2-7H,1H3,(H,14,15). The second kappa shape index (κ2) is 5.44. The van der Waals surface area contributed by atoms with Crippen LogP contribution < -0.4 is 4.72 Å². The van der Waals surface area contributed by atoms with Gasteiger partial charge in [-0.05, 0) is 30.7 Å². The second-order valence-electron chi connectivity index (χ2n) is 4.17. The molecular formula is C12H10FN3O4S. The molecule has 0 spiro atoms. The molecule has 21 heavy (non-hydrogen) atoms. The number of sulfonamides is 1. The van der Waals surface area contributed by atoms with Crippen molar-refractivity contribution in [1.82, 2.24) is 4.98 Å². The number of rotatable bonds is 4. The van der Waals surface area contributed by atoms with Crippen LogP contribution in [0.25, 0.3) is 0 Å². The number of nitro groups is 1. The molecule has 0 saturated heterocycles. The van der Waals surface area contributed by atoms with Crippen LogP contribution in [0, 0.1) is 22.9 Å². The maximum absolute atomic E-state index is 13.6. The van der Waals surface area contributed by atoms with Crippen molar-refractivity contribution in [3.63, 3.8) is 0 Å². The first-order valence-corrected chi connectivity index (χ1v) is 7.17. The van der Waals surface area contributed by atoms with E-state index in [1.165, 1.54) is 31.5 Å². The first-order chi connectivity index (χ1) is 9.81. The van der Waals surface area contributed by atoms with Crippen molar-refractivity contribution in [2.75, 3.05) is 4.72 Å². The molecular weight excluding hydrogens is 301 g/mol. The van der Waals surface area contributed by atoms with Crippen molar-refractivity contribution < 1.29 is 17.7 Å². The molecule has 0 bridgehead atoms. The van der Waals surface area contributed by atoms with Crippen LogP contribution in [0.5, 0.6) is 0 Å². The molecule has 1 aromatic carbocycles. The van der Waals surface area contributed by atoms with Crippen LogP contribution >= 0.6 is 0 Å². The molecule has 2 aromatic rings. The predicted molar refractivity (Wildman–Crippen MR) is 72.8 cm³/mol. The van der Waals surface area contributed by atoms with Gasteiger partial charge >= 0.3 is 5.69 Å². The van der Waals surface area contributed by atoms with Crippen molar-refractivity contribution in [2.24, 2.45) is 0 Å². The average Bonchev–Trinajstić information content (AvgIpc) is 2.41. The maximum atomic E-state index is 13.6. The van der Waals surface area contributed by atoms with Crippen LogP contribution in [-0.4, -0.2) is 18.3 Å². The van der Waals surface area contributed by atoms with Crippen molar-refractivity contribution in [3.8, 4) is 0 Å². The molecule has 2 rings (SSSR count). The second-order valence-corrected chi connectivity index (χ2v) is 5.85. The molecule has 1 aromatic heterocycles. The zero-order valence-electron chi connectivity index (χ0n) is 10.8. The lowest BCUT2D eigenvalue weighted by Crippen LogP contribution is -2.14. The number of aromatic nitrogens is 1. The Labute approximate surface area is 119 Å². The van der Waals surface area contributed by atoms with Crippen LogP contribution in [-0.2, 0) is 10.0 Å². The summed E-state index contributed by atoms with van der Waals surface area (Å²) in [6, 6.07) is 4.56. The Morgan fingerprint density at radius 2 is 1.90 bits per heavy atom. The highest BCUT2D eigenvalue weighted by molar-refractivity contribution is 7.92. The summed E-state index contributed by atoms with van der Waals surface area (Å²) in [6.45, 7) is 1.26. The fourth-order valence-corrected chi connectivity index (χ4v) is 2.80. The van der Waals surface area contributed by atoms with Gasteiger partial charge in [-0.2, -0.15) is 4.39 Å². The highest BCUT2D eigenvalue weighted by Crippen LogP contribution is 2.26. The van der Waals surface area contributed by atoms with Gasteiger partial charge in [0.15, 0.2) is 0 Å². The molecule has 7 nitrogen and oxygen atoms in total. The smallest absolute Gasteiger partial charge is 0.280 e. The topological polar surface area (TPSA) is 102 Å². The van der Waals surface area contributed by atoms with Gasteiger partial charge in [-0.3, -0.25) is 19.8 Å². The first-order valence-electron chi connectivity index (χ1n) is 5.68. The Morgan fingerprint density at radius 3 is 2.48 bits per heavy atom. The number of aryl methyl sites for hydroxylation is 1. The minimum atomic E-state index is -4.06. The molecule has 0 unspecified atom stereocenters. The lowest BCUT2D eigenvalue weighted by Gasteiger charge is -2.09. The van der Waals surface area contributed by atoms with Gasteiger partial charge in [0.1, 0.15) is 0 Å². The highest BCUT2D eigenvalue weighted by atomic mass is 32.2. The van der Waals surface area contributed by atoms with Crippen molar-refractivity contribution in [2.45, 2.75) is 11.8 Å². The minimum Gasteiger partial charge on any atom is -0.280 e. The monoisotopic (exact) mass is 311 g/mol. The van der Waals surface area contributed by atoms with Crippen molar-refractivity contribution >= 4 is 21.4 Å². The Hall–Kier alpha value is -2.55. The summed E-state index contributed by atoms with van der Waals surface area (Å²) < 4.78 is 40.1. The number of hydrogen-bond donors (Lipinski definition) is 1. The number of benzene rings is 1. The van der Waals surface area contributed by atoms with Crippen molar-refractivity contribution in [1.29, 1.82) is 0 Å². The minimum absolute atomic E-state index is 0.126. The first kappa shape index (κ1) is 14.9. The lowest BCUT2D eigenvalue weighted by atomic mass is 10.2. The third kappa shape index (κ3) is 3.14. The number of nitro benzene ring substituents is 1. The zero-order valence-corrected chi connectivity index (χ0v) is 11.6. The molecule has 0 aliphatic heterocycles. The van der Waals surface area contributed by atoms with E-state index in [1.807, 2.05) is 0 Å². The molecule has 1 N–H and O–H groups in total. The summed E-state index contributed by atoms with van der Waals surface area (Å²) in [5.74, 6) is -1.05. The summed E-state index contributed by atoms with van der Waals surface area (Å²) in [5, 5.41) is 10.8. The van der Waals surface area contributed by atoms with E-state index in [0.29, 0.717) is 6.07 Å². The Bertz CT molecular complexity index is 794. The summed E-state index contributed by atoms with van der Waals surface area (Å²) in [7, 11) is -4.06. The molecule has 0 amide bonds. The highest BCUT2D eigenvalue weighted by Gasteiger charge is 2.23. The fourth-order valence-electron chi connectivity index (χ4n) is 1.64. The van der Waals surface area contributed by atoms with Gasteiger partial charge in [0.2, 0.25) is 5.82 Å². The van der Waals surface area contributed by atoms with E-state index in [-0.39, 0.29) is 16.1 Å². The molecule has 0 saturated carbocycles. The van der Waals surface area contributed by atoms with E-state index < -0.39 is 26.5 Å². The Morgan fingerprint density at radius 1 is 1.29 bits per heavy atom. The van der Waals surface area contributed by atoms with Gasteiger partial charge in [0.25, 0.3) is 10.0 Å². The number of halogens is 1. The van der Waals surface area contributed by atoms with Crippen LogP contribution in [0.4, 0.5) is 15.8 Å². The lowest BCUT2D eigenvalue weighted by molar-refractivity contribution is -0.387. The number of hydrogen-bond acceptors (Lipinski definition) is 5. The largest absolute Gasteiger partial charge is 0.306 e. The molecule has 0 atom stereocenters. The number of pyridine rings is 1. The van der Waals surface area contributed by atoms with Crippen LogP contribution in [0.1, 0.15) is 5.56 Å². The molecule has 0 aliphatic carbocycles. The zero-order chi connectivity index (χ0) is 15.6. The van der Waals surface area contributed by atoms with E-state index in [2.05, 4.69) is 9.71 Å². The van der Waals surface area contributed by atoms with Gasteiger partial charge < -0.3 is 0 Å². The van der Waals surface area contributed by atoms with Gasteiger partial charge in [-0.15, -0.1) is 0 Å². The van der Waals surface area contributed by atoms with Gasteiger partial charge in [-0.1, -0.05) is 0 Å². The van der Waals surface area contributed by atoms with Crippen molar-refractivity contribution in [3.05, 3.63) is 58.2 Å². The Kier molecular flexibility index (Phi) is 3.85. The summed E-state index contributed by atoms with van der Waals surface area (Å²) in [4.78, 5) is 13.1. The van der Waals surface area contributed by atoms with E-state index in [9.17, 15) is 22.9 Å². The molecule has 0 fully saturated rings. The quantitative estimate of drug-likeness (QED) is 0.689. The van der Waals surface area contributed by atoms with E-state index in [0.717, 1.165) is 6.07 Å². The average molecular weight is 311 g/mol. The number of anilines is 1. The summed E-state index contributed by atoms with van der Waals surface area (Å²) >= 11 is 0. The SMILES string of the molecule is Cc1cc(S(=O)(=O)Nc2ccncc2)cc([N+](=O)[O-])c1F. The van der Waals surface area contributed by atoms with E-state index in [1.54, 1.807) is 0 Å². The van der Waals surface area contributed by atoms with Gasteiger partial charge in [0, 0.05) is 18.5 Å². The normalized spacial score (nSPS) is 11.1. The summed E-state index contributed by atoms with van der Waals surface area (Å²) in [6.07, 6.45) is 2.77. The van der Waals surface area contributed by atoms with Gasteiger partial charge in [0.05, 0.1) is 15.5 Å². The maximum Gasteiger partial charge on any atom is 0.306 e. The Balaban J connectivity index is 2.48. The van der Waals surface area contributed by atoms with Crippen LogP contribution in [0.3, 0.4) is 0 Å². The van der Waals surface area contributed by atoms with Gasteiger partial charge in [-0.25, -0.2) is 8.42 Å². The van der Waals surface area contributed by atoms with E-state index >= 15 is 0 Å². The number of nitrogens with one attached hydrogen (secondary N) is 1.